The second-order valence-corrected chi connectivity index (χ2v) is 3.49. The minimum Gasteiger partial charge on any atom is -0.103 e. The van der Waals surface area contributed by atoms with Gasteiger partial charge in [-0.2, -0.15) is 0 Å². The van der Waals surface area contributed by atoms with E-state index in [2.05, 4.69) is 27.4 Å². The van der Waals surface area contributed by atoms with Gasteiger partial charge in [0.2, 0.25) is 0 Å². The van der Waals surface area contributed by atoms with Gasteiger partial charge in [-0.25, -0.2) is 0 Å². The fourth-order valence-corrected chi connectivity index (χ4v) is 1.03. The van der Waals surface area contributed by atoms with Crippen molar-refractivity contribution in [2.45, 2.75) is 79.6 Å². The molecule has 0 spiro atoms. The van der Waals surface area contributed by atoms with Crippen LogP contribution in [0.5, 0.6) is 0 Å². The molecule has 0 aliphatic heterocycles. The lowest BCUT2D eigenvalue weighted by atomic mass is 10.2. The Bertz CT molecular complexity index is 70.1. The van der Waals surface area contributed by atoms with Crippen LogP contribution in [0, 0.1) is 0 Å². The Labute approximate surface area is 92.8 Å². The van der Waals surface area contributed by atoms with E-state index >= 15 is 0 Å². The summed E-state index contributed by atoms with van der Waals surface area (Å²) in [5, 5.41) is 0. The molecular formula is C14H32. The Hall–Kier alpha value is -0.260. The molecule has 0 heterocycles. The second kappa shape index (κ2) is 23.0. The molecule has 0 saturated carbocycles. The van der Waals surface area contributed by atoms with E-state index in [1.54, 1.807) is 0 Å². The zero-order valence-electron chi connectivity index (χ0n) is 9.94. The van der Waals surface area contributed by atoms with Crippen molar-refractivity contribution >= 4 is 0 Å². The first-order valence-electron chi connectivity index (χ1n) is 5.94. The average Bonchev–Trinajstić information content (AvgIpc) is 2.17. The predicted octanol–water partition coefficient (Wildman–Crippen LogP) is 5.98. The average molecular weight is 200 g/mol. The van der Waals surface area contributed by atoms with Gasteiger partial charge in [0.1, 0.15) is 0 Å². The molecule has 0 aromatic heterocycles. The first-order valence-corrected chi connectivity index (χ1v) is 5.94. The molecule has 14 heavy (non-hydrogen) atoms. The van der Waals surface area contributed by atoms with Crippen LogP contribution in [0.2, 0.25) is 0 Å². The van der Waals surface area contributed by atoms with Gasteiger partial charge in [-0.05, 0) is 6.42 Å². The van der Waals surface area contributed by atoms with Gasteiger partial charge in [0.25, 0.3) is 0 Å². The van der Waals surface area contributed by atoms with Gasteiger partial charge in [0.15, 0.2) is 0 Å². The molecule has 0 amide bonds. The standard InChI is InChI=1S/C7H16.C6H12.CH4/c1-3-5-7-6-4-2;1-3-5-6-4-2;/h3-7H2,1-2H3;3H,1,4-6H2,2H3;1H4. The molecule has 0 unspecified atom stereocenters. The third-order valence-electron chi connectivity index (χ3n) is 1.97. The molecule has 0 bridgehead atoms. The molecule has 0 nitrogen and oxygen atoms in total. The number of hydrogen-bond donors (Lipinski definition) is 0. The fraction of sp³-hybridized carbons (Fsp3) is 0.857. The summed E-state index contributed by atoms with van der Waals surface area (Å²) in [5.74, 6) is 0. The maximum Gasteiger partial charge on any atom is -0.0354 e. The highest BCUT2D eigenvalue weighted by atomic mass is 13.9. The fourth-order valence-electron chi connectivity index (χ4n) is 1.03. The topological polar surface area (TPSA) is 0 Å². The van der Waals surface area contributed by atoms with Crippen LogP contribution in [0.4, 0.5) is 0 Å². The van der Waals surface area contributed by atoms with Crippen LogP contribution < -0.4 is 0 Å². The first kappa shape index (κ1) is 19.3. The molecule has 0 radical (unpaired) electrons. The van der Waals surface area contributed by atoms with Gasteiger partial charge in [0.05, 0.1) is 0 Å². The first-order chi connectivity index (χ1) is 6.33. The third-order valence-corrected chi connectivity index (χ3v) is 1.97. The van der Waals surface area contributed by atoms with E-state index in [0.29, 0.717) is 0 Å². The van der Waals surface area contributed by atoms with Gasteiger partial charge in [-0.1, -0.05) is 79.2 Å². The molecule has 0 aromatic rings. The van der Waals surface area contributed by atoms with E-state index in [4.69, 9.17) is 0 Å². The molecule has 88 valence electrons. The van der Waals surface area contributed by atoms with Crippen LogP contribution in [0.1, 0.15) is 79.6 Å². The minimum absolute atomic E-state index is 0. The van der Waals surface area contributed by atoms with E-state index in [1.165, 1.54) is 51.4 Å². The largest absolute Gasteiger partial charge is 0.103 e. The van der Waals surface area contributed by atoms with E-state index in [9.17, 15) is 0 Å². The van der Waals surface area contributed by atoms with E-state index in [0.717, 1.165) is 0 Å². The van der Waals surface area contributed by atoms with Gasteiger partial charge < -0.3 is 0 Å². The Morgan fingerprint density at radius 1 is 0.786 bits per heavy atom. The SMILES string of the molecule is C.C=CCCCC.CCCCCCC. The summed E-state index contributed by atoms with van der Waals surface area (Å²) in [4.78, 5) is 0. The lowest BCUT2D eigenvalue weighted by Gasteiger charge is -1.90. The normalized spacial score (nSPS) is 8.21. The van der Waals surface area contributed by atoms with Gasteiger partial charge in [0, 0.05) is 0 Å². The summed E-state index contributed by atoms with van der Waals surface area (Å²) in [6, 6.07) is 0. The monoisotopic (exact) mass is 200 g/mol. The number of allylic oxidation sites excluding steroid dienone is 1. The van der Waals surface area contributed by atoms with Crippen molar-refractivity contribution in [3.63, 3.8) is 0 Å². The maximum absolute atomic E-state index is 3.60. The van der Waals surface area contributed by atoms with Crippen LogP contribution in [0.25, 0.3) is 0 Å². The molecule has 0 N–H and O–H groups in total. The zero-order valence-corrected chi connectivity index (χ0v) is 9.94. The molecule has 0 aliphatic carbocycles. The van der Waals surface area contributed by atoms with Crippen molar-refractivity contribution in [2.75, 3.05) is 0 Å². The summed E-state index contributed by atoms with van der Waals surface area (Å²) in [6.07, 6.45) is 12.7. The Balaban J connectivity index is -0.000000163. The van der Waals surface area contributed by atoms with Gasteiger partial charge in [-0.3, -0.25) is 0 Å². The van der Waals surface area contributed by atoms with Crippen molar-refractivity contribution in [1.29, 1.82) is 0 Å². The highest BCUT2D eigenvalue weighted by Gasteiger charge is 1.80. The van der Waals surface area contributed by atoms with E-state index in [1.807, 2.05) is 6.08 Å². The molecule has 0 aromatic carbocycles. The zero-order chi connectivity index (χ0) is 10.4. The Morgan fingerprint density at radius 3 is 1.43 bits per heavy atom. The molecule has 0 heteroatoms. The van der Waals surface area contributed by atoms with E-state index in [-0.39, 0.29) is 7.43 Å². The van der Waals surface area contributed by atoms with Crippen molar-refractivity contribution in [3.8, 4) is 0 Å². The van der Waals surface area contributed by atoms with Crippen LogP contribution >= 0.6 is 0 Å². The highest BCUT2D eigenvalue weighted by molar-refractivity contribution is 4.64. The number of rotatable bonds is 7. The van der Waals surface area contributed by atoms with E-state index < -0.39 is 0 Å². The molecule has 0 rings (SSSR count). The van der Waals surface area contributed by atoms with Crippen molar-refractivity contribution < 1.29 is 0 Å². The third kappa shape index (κ3) is 29.8. The van der Waals surface area contributed by atoms with Gasteiger partial charge >= 0.3 is 0 Å². The summed E-state index contributed by atoms with van der Waals surface area (Å²) in [5.41, 5.74) is 0. The number of hydrogen-bond acceptors (Lipinski definition) is 0. The molecule has 0 aliphatic rings. The predicted molar refractivity (Wildman–Crippen MR) is 70.9 cm³/mol. The van der Waals surface area contributed by atoms with Crippen LogP contribution in [0.3, 0.4) is 0 Å². The Kier molecular flexibility index (Phi) is 31.7. The van der Waals surface area contributed by atoms with Gasteiger partial charge in [-0.15, -0.1) is 6.58 Å². The quantitative estimate of drug-likeness (QED) is 0.350. The number of unbranched alkanes of at least 4 members (excludes halogenated alkanes) is 6. The maximum atomic E-state index is 3.60. The summed E-state index contributed by atoms with van der Waals surface area (Å²) in [7, 11) is 0. The van der Waals surface area contributed by atoms with Crippen molar-refractivity contribution in [2.24, 2.45) is 0 Å². The van der Waals surface area contributed by atoms with Crippen LogP contribution in [0.15, 0.2) is 12.7 Å². The molecule has 0 atom stereocenters. The Morgan fingerprint density at radius 2 is 1.21 bits per heavy atom. The minimum atomic E-state index is 0. The molecule has 0 saturated heterocycles. The lowest BCUT2D eigenvalue weighted by molar-refractivity contribution is 0.656. The molecule has 0 fully saturated rings. The summed E-state index contributed by atoms with van der Waals surface area (Å²) >= 11 is 0. The summed E-state index contributed by atoms with van der Waals surface area (Å²) in [6.45, 7) is 10.3. The van der Waals surface area contributed by atoms with Crippen LogP contribution in [-0.2, 0) is 0 Å². The van der Waals surface area contributed by atoms with Crippen molar-refractivity contribution in [3.05, 3.63) is 12.7 Å². The highest BCUT2D eigenvalue weighted by Crippen LogP contribution is 2.00. The molecular weight excluding hydrogens is 168 g/mol. The van der Waals surface area contributed by atoms with Crippen molar-refractivity contribution in [1.82, 2.24) is 0 Å². The summed E-state index contributed by atoms with van der Waals surface area (Å²) < 4.78 is 0. The lowest BCUT2D eigenvalue weighted by Crippen LogP contribution is -1.70. The second-order valence-electron chi connectivity index (χ2n) is 3.49. The smallest absolute Gasteiger partial charge is 0.0354 e. The van der Waals surface area contributed by atoms with Crippen LogP contribution in [-0.4, -0.2) is 0 Å².